The maximum absolute atomic E-state index is 6.06. The number of hydrogen-bond acceptors (Lipinski definition) is 1. The van der Waals surface area contributed by atoms with E-state index in [1.165, 1.54) is 0 Å². The topological polar surface area (TPSA) is 24.1 Å². The fourth-order valence-corrected chi connectivity index (χ4v) is 2.30. The molecule has 0 radical (unpaired) electrons. The minimum absolute atomic E-state index is 0.453. The Balaban J connectivity index is 2.09. The third kappa shape index (κ3) is 3.76. The molecule has 0 unspecified atom stereocenters. The highest BCUT2D eigenvalue weighted by molar-refractivity contribution is 7.80. The van der Waals surface area contributed by atoms with E-state index in [1.54, 1.807) is 18.2 Å². The van der Waals surface area contributed by atoms with Crippen molar-refractivity contribution in [2.45, 2.75) is 6.92 Å². The zero-order chi connectivity index (χ0) is 14.7. The van der Waals surface area contributed by atoms with E-state index in [-0.39, 0.29) is 0 Å². The van der Waals surface area contributed by atoms with Crippen LogP contribution < -0.4 is 10.6 Å². The fourth-order valence-electron chi connectivity index (χ4n) is 1.60. The summed E-state index contributed by atoms with van der Waals surface area (Å²) in [6.45, 7) is 1.92. The van der Waals surface area contributed by atoms with Gasteiger partial charge in [0.05, 0.1) is 10.0 Å². The average Bonchev–Trinajstić information content (AvgIpc) is 2.39. The molecule has 2 aromatic rings. The third-order valence-corrected chi connectivity index (χ3v) is 4.05. The number of anilines is 2. The first kappa shape index (κ1) is 15.4. The Kier molecular flexibility index (Phi) is 5.11. The molecule has 0 aliphatic heterocycles. The molecular weight excluding hydrogens is 335 g/mol. The molecule has 2 aromatic carbocycles. The van der Waals surface area contributed by atoms with Crippen molar-refractivity contribution in [3.63, 3.8) is 0 Å². The summed E-state index contributed by atoms with van der Waals surface area (Å²) in [5.41, 5.74) is 2.55. The molecule has 0 aliphatic rings. The lowest BCUT2D eigenvalue weighted by atomic mass is 10.2. The van der Waals surface area contributed by atoms with Gasteiger partial charge in [0.2, 0.25) is 0 Å². The van der Waals surface area contributed by atoms with Crippen LogP contribution in [0.1, 0.15) is 5.56 Å². The second-order valence-electron chi connectivity index (χ2n) is 4.12. The van der Waals surface area contributed by atoms with Gasteiger partial charge in [-0.15, -0.1) is 0 Å². The normalized spacial score (nSPS) is 10.2. The molecule has 0 heterocycles. The molecule has 0 fully saturated rings. The summed E-state index contributed by atoms with van der Waals surface area (Å²) in [5.74, 6) is 0. The lowest BCUT2D eigenvalue weighted by molar-refractivity contribution is 1.45. The highest BCUT2D eigenvalue weighted by atomic mass is 35.5. The predicted octanol–water partition coefficient (Wildman–Crippen LogP) is 5.76. The van der Waals surface area contributed by atoms with E-state index >= 15 is 0 Å². The highest BCUT2D eigenvalue weighted by Gasteiger charge is 2.05. The van der Waals surface area contributed by atoms with Gasteiger partial charge in [-0.25, -0.2) is 0 Å². The van der Waals surface area contributed by atoms with Crippen molar-refractivity contribution < 1.29 is 0 Å². The summed E-state index contributed by atoms with van der Waals surface area (Å²) in [4.78, 5) is 0. The third-order valence-electron chi connectivity index (χ3n) is 2.69. The van der Waals surface area contributed by atoms with E-state index in [9.17, 15) is 0 Å². The SMILES string of the molecule is Cc1c(Cl)cccc1NC(=S)Nc1ccc(Cl)c(Cl)c1. The minimum atomic E-state index is 0.453. The van der Waals surface area contributed by atoms with Crippen LogP contribution in [0, 0.1) is 6.92 Å². The Morgan fingerprint density at radius 2 is 1.70 bits per heavy atom. The predicted molar refractivity (Wildman–Crippen MR) is 92.5 cm³/mol. The number of rotatable bonds is 2. The average molecular weight is 346 g/mol. The van der Waals surface area contributed by atoms with Crippen molar-refractivity contribution in [2.75, 3.05) is 10.6 Å². The van der Waals surface area contributed by atoms with Gasteiger partial charge < -0.3 is 10.6 Å². The first-order valence-corrected chi connectivity index (χ1v) is 7.30. The number of hydrogen-bond donors (Lipinski definition) is 2. The molecule has 2 N–H and O–H groups in total. The van der Waals surface area contributed by atoms with Crippen LogP contribution in [0.5, 0.6) is 0 Å². The summed E-state index contributed by atoms with van der Waals surface area (Å²) in [6, 6.07) is 10.8. The van der Waals surface area contributed by atoms with E-state index in [0.29, 0.717) is 20.2 Å². The molecule has 0 aromatic heterocycles. The molecule has 0 atom stereocenters. The maximum Gasteiger partial charge on any atom is 0.175 e. The smallest absolute Gasteiger partial charge is 0.175 e. The second-order valence-corrected chi connectivity index (χ2v) is 5.75. The summed E-state index contributed by atoms with van der Waals surface area (Å²) in [7, 11) is 0. The van der Waals surface area contributed by atoms with Gasteiger partial charge >= 0.3 is 0 Å². The van der Waals surface area contributed by atoms with Crippen LogP contribution in [-0.4, -0.2) is 5.11 Å². The molecule has 0 saturated carbocycles. The Labute approximate surface area is 138 Å². The molecule has 104 valence electrons. The Bertz CT molecular complexity index is 659. The fraction of sp³-hybridized carbons (Fsp3) is 0.0714. The van der Waals surface area contributed by atoms with Crippen LogP contribution in [-0.2, 0) is 0 Å². The first-order chi connectivity index (χ1) is 9.47. The van der Waals surface area contributed by atoms with Gasteiger partial charge in [0.25, 0.3) is 0 Å². The summed E-state index contributed by atoms with van der Waals surface area (Å²) >= 11 is 23.1. The largest absolute Gasteiger partial charge is 0.332 e. The van der Waals surface area contributed by atoms with Gasteiger partial charge in [0.15, 0.2) is 5.11 Å². The zero-order valence-corrected chi connectivity index (χ0v) is 13.6. The van der Waals surface area contributed by atoms with Crippen LogP contribution in [0.15, 0.2) is 36.4 Å². The number of halogens is 3. The van der Waals surface area contributed by atoms with E-state index in [0.717, 1.165) is 16.9 Å². The lowest BCUT2D eigenvalue weighted by Crippen LogP contribution is -2.19. The number of benzene rings is 2. The maximum atomic E-state index is 6.06. The van der Waals surface area contributed by atoms with Crippen molar-refractivity contribution >= 4 is 63.5 Å². The standard InChI is InChI=1S/C14H11Cl3N2S/c1-8-10(15)3-2-4-13(8)19-14(20)18-9-5-6-11(16)12(17)7-9/h2-7H,1H3,(H2,18,19,20). The van der Waals surface area contributed by atoms with E-state index in [4.69, 9.17) is 47.0 Å². The van der Waals surface area contributed by atoms with Crippen LogP contribution in [0.3, 0.4) is 0 Å². The van der Waals surface area contributed by atoms with E-state index in [2.05, 4.69) is 10.6 Å². The zero-order valence-electron chi connectivity index (χ0n) is 10.5. The Morgan fingerprint density at radius 1 is 0.950 bits per heavy atom. The highest BCUT2D eigenvalue weighted by Crippen LogP contribution is 2.26. The van der Waals surface area contributed by atoms with Crippen molar-refractivity contribution in [3.8, 4) is 0 Å². The van der Waals surface area contributed by atoms with Crippen LogP contribution in [0.25, 0.3) is 0 Å². The minimum Gasteiger partial charge on any atom is -0.332 e. The van der Waals surface area contributed by atoms with Crippen molar-refractivity contribution in [3.05, 3.63) is 57.0 Å². The molecule has 20 heavy (non-hydrogen) atoms. The van der Waals surface area contributed by atoms with Gasteiger partial charge in [0.1, 0.15) is 0 Å². The molecule has 0 spiro atoms. The van der Waals surface area contributed by atoms with Gasteiger partial charge in [-0.05, 0) is 55.0 Å². The van der Waals surface area contributed by atoms with Crippen molar-refractivity contribution in [1.82, 2.24) is 0 Å². The first-order valence-electron chi connectivity index (χ1n) is 5.75. The Morgan fingerprint density at radius 3 is 2.40 bits per heavy atom. The number of nitrogens with one attached hydrogen (secondary N) is 2. The molecule has 0 amide bonds. The van der Waals surface area contributed by atoms with Crippen molar-refractivity contribution in [2.24, 2.45) is 0 Å². The Hall–Kier alpha value is -1.000. The lowest BCUT2D eigenvalue weighted by Gasteiger charge is -2.13. The molecule has 0 aliphatic carbocycles. The molecule has 2 nitrogen and oxygen atoms in total. The summed E-state index contributed by atoms with van der Waals surface area (Å²) in [6.07, 6.45) is 0. The molecule has 2 rings (SSSR count). The molecular formula is C14H11Cl3N2S. The van der Waals surface area contributed by atoms with Gasteiger partial charge in [-0.1, -0.05) is 40.9 Å². The van der Waals surface area contributed by atoms with Crippen LogP contribution in [0.4, 0.5) is 11.4 Å². The number of thiocarbonyl (C=S) groups is 1. The molecule has 0 bridgehead atoms. The van der Waals surface area contributed by atoms with Gasteiger partial charge in [-0.2, -0.15) is 0 Å². The van der Waals surface area contributed by atoms with Gasteiger partial charge in [-0.3, -0.25) is 0 Å². The van der Waals surface area contributed by atoms with E-state index in [1.807, 2.05) is 25.1 Å². The van der Waals surface area contributed by atoms with Crippen LogP contribution >= 0.6 is 47.0 Å². The van der Waals surface area contributed by atoms with E-state index < -0.39 is 0 Å². The summed E-state index contributed by atoms with van der Waals surface area (Å²) < 4.78 is 0. The van der Waals surface area contributed by atoms with Crippen molar-refractivity contribution in [1.29, 1.82) is 0 Å². The molecule has 0 saturated heterocycles. The summed E-state index contributed by atoms with van der Waals surface area (Å²) in [5, 5.41) is 8.24. The monoisotopic (exact) mass is 344 g/mol. The van der Waals surface area contributed by atoms with Gasteiger partial charge in [0, 0.05) is 16.4 Å². The quantitative estimate of drug-likeness (QED) is 0.676. The molecule has 6 heteroatoms. The van der Waals surface area contributed by atoms with Crippen LogP contribution in [0.2, 0.25) is 15.1 Å². The second kappa shape index (κ2) is 6.64.